The number of nitrogens with zero attached hydrogens (tertiary/aromatic N) is 4. The Kier molecular flexibility index (Phi) is 15.1. The van der Waals surface area contributed by atoms with Gasteiger partial charge in [0.15, 0.2) is 0 Å². The van der Waals surface area contributed by atoms with E-state index in [1.165, 1.54) is 21.3 Å². The van der Waals surface area contributed by atoms with Gasteiger partial charge in [0.2, 0.25) is 0 Å². The normalized spacial score (nSPS) is 11.4. The fraction of sp³-hybridized carbons (Fsp3) is 0.300. The van der Waals surface area contributed by atoms with Gasteiger partial charge in [-0.1, -0.05) is 53.6 Å². The van der Waals surface area contributed by atoms with Gasteiger partial charge in [-0.2, -0.15) is 0 Å². The van der Waals surface area contributed by atoms with E-state index >= 15 is 0 Å². The molecule has 217 valence electrons. The molecule has 3 aromatic carbocycles. The summed E-state index contributed by atoms with van der Waals surface area (Å²) in [6.07, 6.45) is 4.66. The quantitative estimate of drug-likeness (QED) is 0.221. The second-order valence-electron chi connectivity index (χ2n) is 8.58. The number of methoxy groups -OCH3 is 3. The average molecular weight is 703 g/mol. The predicted molar refractivity (Wildman–Crippen MR) is 151 cm³/mol. The van der Waals surface area contributed by atoms with Crippen molar-refractivity contribution in [2.45, 2.75) is 0 Å². The van der Waals surface area contributed by atoms with Crippen molar-refractivity contribution in [1.29, 1.82) is 0 Å². The van der Waals surface area contributed by atoms with Crippen molar-refractivity contribution in [2.75, 3.05) is 60.6 Å². The van der Waals surface area contributed by atoms with Crippen molar-refractivity contribution in [1.82, 2.24) is 4.90 Å². The van der Waals surface area contributed by atoms with Crippen LogP contribution < -0.4 is 29.5 Å². The topological polar surface area (TPSA) is 137 Å². The van der Waals surface area contributed by atoms with E-state index in [9.17, 15) is 15.3 Å². The van der Waals surface area contributed by atoms with E-state index in [4.69, 9.17) is 14.2 Å². The van der Waals surface area contributed by atoms with Crippen LogP contribution >= 0.6 is 0 Å². The van der Waals surface area contributed by atoms with Crippen LogP contribution in [0.1, 0.15) is 16.7 Å². The first-order valence-corrected chi connectivity index (χ1v) is 12.7. The van der Waals surface area contributed by atoms with Crippen LogP contribution in [-0.2, 0) is 0 Å². The SMILES string of the molecule is COc1cccc(C=NCCN(CCN=Cc2cccc(OC)c2[O-])CCN=Cc2cccc(OC)c2[O-])c1[O-].[Gd+3]. The van der Waals surface area contributed by atoms with Crippen molar-refractivity contribution in [2.24, 2.45) is 15.0 Å². The molecule has 0 aromatic heterocycles. The van der Waals surface area contributed by atoms with Gasteiger partial charge in [-0.15, -0.1) is 0 Å². The number of benzene rings is 3. The molecule has 0 bridgehead atoms. The van der Waals surface area contributed by atoms with Gasteiger partial charge in [-0.25, -0.2) is 0 Å². The zero-order chi connectivity index (χ0) is 28.7. The van der Waals surface area contributed by atoms with E-state index in [0.717, 1.165) is 0 Å². The Morgan fingerprint density at radius 2 is 0.854 bits per heavy atom. The molecule has 0 aliphatic heterocycles. The number of para-hydroxylation sites is 3. The van der Waals surface area contributed by atoms with Crippen LogP contribution in [-0.4, -0.2) is 84.1 Å². The zero-order valence-corrected chi connectivity index (χ0v) is 25.5. The minimum absolute atomic E-state index is 0. The van der Waals surface area contributed by atoms with Gasteiger partial charge in [0.05, 0.1) is 41.0 Å². The van der Waals surface area contributed by atoms with Gasteiger partial charge < -0.3 is 29.5 Å². The van der Waals surface area contributed by atoms with Gasteiger partial charge in [0.25, 0.3) is 0 Å². The maximum Gasteiger partial charge on any atom is 3.00 e. The van der Waals surface area contributed by atoms with E-state index in [-0.39, 0.29) is 74.4 Å². The molecule has 0 aliphatic carbocycles. The van der Waals surface area contributed by atoms with Crippen LogP contribution in [0, 0.1) is 39.9 Å². The van der Waals surface area contributed by atoms with Gasteiger partial charge in [-0.3, -0.25) is 19.9 Å². The third-order valence-electron chi connectivity index (χ3n) is 6.01. The Morgan fingerprint density at radius 3 is 1.12 bits per heavy atom. The van der Waals surface area contributed by atoms with Crippen LogP contribution in [0.2, 0.25) is 0 Å². The molecule has 0 amide bonds. The summed E-state index contributed by atoms with van der Waals surface area (Å²) in [7, 11) is 4.37. The van der Waals surface area contributed by atoms with Crippen molar-refractivity contribution in [3.8, 4) is 34.5 Å². The van der Waals surface area contributed by atoms with E-state index < -0.39 is 0 Å². The molecule has 10 nitrogen and oxygen atoms in total. The summed E-state index contributed by atoms with van der Waals surface area (Å²) in [6, 6.07) is 15.2. The molecule has 0 heterocycles. The Balaban J connectivity index is 0.00000588. The summed E-state index contributed by atoms with van der Waals surface area (Å²) in [5.74, 6) is 0.196. The summed E-state index contributed by atoms with van der Waals surface area (Å²) in [5, 5.41) is 37.0. The monoisotopic (exact) mass is 703 g/mol. The number of ether oxygens (including phenoxy) is 3. The number of hydrogen-bond donors (Lipinski definition) is 0. The van der Waals surface area contributed by atoms with E-state index in [1.807, 2.05) is 0 Å². The van der Waals surface area contributed by atoms with E-state index in [1.54, 1.807) is 73.2 Å². The summed E-state index contributed by atoms with van der Waals surface area (Å²) in [5.41, 5.74) is 1.37. The molecule has 0 N–H and O–H groups in total. The van der Waals surface area contributed by atoms with Gasteiger partial charge in [0, 0.05) is 38.3 Å². The molecule has 0 fully saturated rings. The van der Waals surface area contributed by atoms with Crippen LogP contribution in [0.4, 0.5) is 0 Å². The Hall–Kier alpha value is -3.25. The van der Waals surface area contributed by atoms with Gasteiger partial charge in [-0.05, 0) is 34.9 Å². The van der Waals surface area contributed by atoms with Crippen molar-refractivity contribution in [3.05, 3.63) is 71.3 Å². The molecule has 0 spiro atoms. The molecule has 0 saturated carbocycles. The summed E-state index contributed by atoms with van der Waals surface area (Å²) in [6.45, 7) is 3.13. The molecular weight excluding hydrogens is 670 g/mol. The van der Waals surface area contributed by atoms with Crippen LogP contribution in [0.5, 0.6) is 34.5 Å². The molecule has 1 radical (unpaired) electrons. The number of hydrogen-bond acceptors (Lipinski definition) is 10. The van der Waals surface area contributed by atoms with E-state index in [2.05, 4.69) is 19.9 Å². The molecular formula is C30H33GdN4O6. The Labute approximate surface area is 272 Å². The minimum atomic E-state index is -0.208. The first kappa shape index (κ1) is 34.0. The third-order valence-corrected chi connectivity index (χ3v) is 6.01. The predicted octanol–water partition coefficient (Wildman–Crippen LogP) is 1.89. The van der Waals surface area contributed by atoms with Crippen LogP contribution in [0.25, 0.3) is 0 Å². The first-order valence-electron chi connectivity index (χ1n) is 12.7. The summed E-state index contributed by atoms with van der Waals surface area (Å²) in [4.78, 5) is 15.4. The molecule has 3 rings (SSSR count). The molecule has 41 heavy (non-hydrogen) atoms. The second kappa shape index (κ2) is 18.2. The van der Waals surface area contributed by atoms with Gasteiger partial charge in [0.1, 0.15) is 17.2 Å². The molecule has 0 aliphatic rings. The standard InChI is InChI=1S/C30H36N4O6.Gd/c1-38-25-10-4-7-22(28(25)35)19-31-13-16-34(17-14-32-20-23-8-5-11-26(39-2)29(23)36)18-15-33-21-24-9-6-12-27(40-3)30(24)37;/h4-12,19-21,35-37H,13-18H2,1-3H3;/q;+3/p-3. The Bertz CT molecular complexity index is 1170. The fourth-order valence-corrected chi connectivity index (χ4v) is 3.81. The molecule has 11 heteroatoms. The maximum atomic E-state index is 12.3. The van der Waals surface area contributed by atoms with Crippen LogP contribution in [0.15, 0.2) is 69.6 Å². The molecule has 3 aromatic rings. The van der Waals surface area contributed by atoms with Crippen molar-refractivity contribution < 1.29 is 69.5 Å². The van der Waals surface area contributed by atoms with Crippen molar-refractivity contribution in [3.63, 3.8) is 0 Å². The van der Waals surface area contributed by atoms with Crippen LogP contribution in [0.3, 0.4) is 0 Å². The van der Waals surface area contributed by atoms with Gasteiger partial charge >= 0.3 is 39.9 Å². The summed E-state index contributed by atoms with van der Waals surface area (Å²) >= 11 is 0. The smallest absolute Gasteiger partial charge is 0.870 e. The average Bonchev–Trinajstić information content (AvgIpc) is 2.97. The largest absolute Gasteiger partial charge is 3.00 e. The first-order chi connectivity index (χ1) is 19.5. The fourth-order valence-electron chi connectivity index (χ4n) is 3.81. The molecule has 0 unspecified atom stereocenters. The summed E-state index contributed by atoms with van der Waals surface area (Å²) < 4.78 is 15.2. The van der Waals surface area contributed by atoms with E-state index in [0.29, 0.717) is 56.0 Å². The second-order valence-corrected chi connectivity index (χ2v) is 8.58. The Morgan fingerprint density at radius 1 is 0.561 bits per heavy atom. The minimum Gasteiger partial charge on any atom is -0.870 e. The maximum absolute atomic E-state index is 12.3. The third kappa shape index (κ3) is 10.3. The molecule has 0 saturated heterocycles. The van der Waals surface area contributed by atoms with Crippen molar-refractivity contribution >= 4 is 18.6 Å². The number of rotatable bonds is 15. The molecule has 0 atom stereocenters. The number of aliphatic imine (C=N–C) groups is 3. The zero-order valence-electron chi connectivity index (χ0n) is 23.3.